The number of primary amides is 1. The number of fused-ring (bicyclic) bond motifs is 1. The predicted octanol–water partition coefficient (Wildman–Crippen LogP) is 3.61. The molecule has 2 heterocycles. The number of carbonyl (C=O) groups is 1. The van der Waals surface area contributed by atoms with Crippen LogP contribution in [0, 0.1) is 12.3 Å². The fraction of sp³-hybridized carbons (Fsp3) is 0.333. The highest BCUT2D eigenvalue weighted by Crippen LogP contribution is 2.46. The maximum atomic E-state index is 11.2. The van der Waals surface area contributed by atoms with Crippen LogP contribution in [-0.2, 0) is 4.74 Å². The summed E-state index contributed by atoms with van der Waals surface area (Å²) in [5.74, 6) is 0.717. The average Bonchev–Trinajstić information content (AvgIpc) is 2.49. The molecule has 1 aliphatic rings. The summed E-state index contributed by atoms with van der Waals surface area (Å²) in [6.07, 6.45) is 2.44. The molecule has 0 spiro atoms. The van der Waals surface area contributed by atoms with Gasteiger partial charge in [0.1, 0.15) is 11.9 Å². The van der Waals surface area contributed by atoms with Gasteiger partial charge in [-0.3, -0.25) is 4.98 Å². The number of benzene rings is 1. The minimum atomic E-state index is -0.775. The third-order valence-corrected chi connectivity index (χ3v) is 4.05. The van der Waals surface area contributed by atoms with Gasteiger partial charge in [-0.25, -0.2) is 4.79 Å². The molecule has 5 heteroatoms. The Bertz CT molecular complexity index is 756. The lowest BCUT2D eigenvalue weighted by molar-refractivity contribution is -0.0176. The Morgan fingerprint density at radius 1 is 1.30 bits per heavy atom. The number of hydrogen-bond acceptors (Lipinski definition) is 4. The van der Waals surface area contributed by atoms with E-state index >= 15 is 0 Å². The molecule has 120 valence electrons. The zero-order valence-corrected chi connectivity index (χ0v) is 13.5. The fourth-order valence-corrected chi connectivity index (χ4v) is 2.87. The molecule has 1 unspecified atom stereocenters. The van der Waals surface area contributed by atoms with Crippen molar-refractivity contribution in [1.29, 1.82) is 0 Å². The number of rotatable bonds is 2. The molecule has 23 heavy (non-hydrogen) atoms. The number of aromatic nitrogens is 1. The van der Waals surface area contributed by atoms with E-state index in [1.54, 1.807) is 0 Å². The number of pyridine rings is 1. The minimum absolute atomic E-state index is 0.339. The molecular formula is C18H20N2O3. The van der Waals surface area contributed by atoms with E-state index in [4.69, 9.17) is 15.2 Å². The Morgan fingerprint density at radius 2 is 2.09 bits per heavy atom. The smallest absolute Gasteiger partial charge is 0.405 e. The lowest BCUT2D eigenvalue weighted by atomic mass is 9.80. The highest BCUT2D eigenvalue weighted by atomic mass is 16.6. The molecule has 1 amide bonds. The van der Waals surface area contributed by atoms with Gasteiger partial charge in [0.25, 0.3) is 0 Å². The summed E-state index contributed by atoms with van der Waals surface area (Å²) in [4.78, 5) is 15.5. The van der Waals surface area contributed by atoms with Gasteiger partial charge in [0.05, 0.1) is 6.61 Å². The van der Waals surface area contributed by atoms with Crippen LogP contribution in [0.1, 0.15) is 31.1 Å². The molecule has 0 aliphatic carbocycles. The van der Waals surface area contributed by atoms with Crippen LogP contribution in [0.15, 0.2) is 36.7 Å². The van der Waals surface area contributed by atoms with Crippen LogP contribution in [0.3, 0.4) is 0 Å². The molecule has 0 bridgehead atoms. The van der Waals surface area contributed by atoms with E-state index in [1.807, 2.05) is 51.4 Å². The normalized spacial score (nSPS) is 18.7. The first-order chi connectivity index (χ1) is 10.9. The number of nitrogens with zero attached hydrogens (tertiary/aromatic N) is 1. The van der Waals surface area contributed by atoms with Gasteiger partial charge in [0.2, 0.25) is 0 Å². The van der Waals surface area contributed by atoms with Gasteiger partial charge < -0.3 is 15.2 Å². The van der Waals surface area contributed by atoms with E-state index in [1.165, 1.54) is 0 Å². The van der Waals surface area contributed by atoms with Gasteiger partial charge >= 0.3 is 6.09 Å². The molecule has 3 rings (SSSR count). The second kappa shape index (κ2) is 5.57. The monoisotopic (exact) mass is 312 g/mol. The summed E-state index contributed by atoms with van der Waals surface area (Å²) < 4.78 is 11.2. The van der Waals surface area contributed by atoms with E-state index in [-0.39, 0.29) is 5.41 Å². The quantitative estimate of drug-likeness (QED) is 0.919. The Hall–Kier alpha value is -2.56. The maximum absolute atomic E-state index is 11.2. The van der Waals surface area contributed by atoms with Crippen LogP contribution in [0.25, 0.3) is 11.1 Å². The van der Waals surface area contributed by atoms with Crippen molar-refractivity contribution in [2.75, 3.05) is 6.61 Å². The summed E-state index contributed by atoms with van der Waals surface area (Å²) in [7, 11) is 0. The standard InChI is InChI=1S/C18H20N2O3/c1-11-6-13(9-20-8-11)12-4-5-14-15(7-12)22-10-18(2,3)16(14)23-17(19)21/h4-9,16H,10H2,1-3H3,(H2,19,21). The van der Waals surface area contributed by atoms with Crippen molar-refractivity contribution in [1.82, 2.24) is 4.98 Å². The zero-order valence-electron chi connectivity index (χ0n) is 13.5. The third-order valence-electron chi connectivity index (χ3n) is 4.05. The zero-order chi connectivity index (χ0) is 16.6. The van der Waals surface area contributed by atoms with Crippen molar-refractivity contribution in [2.24, 2.45) is 11.1 Å². The maximum Gasteiger partial charge on any atom is 0.405 e. The van der Waals surface area contributed by atoms with Gasteiger partial charge in [0.15, 0.2) is 0 Å². The van der Waals surface area contributed by atoms with Crippen LogP contribution in [0.2, 0.25) is 0 Å². The largest absolute Gasteiger partial charge is 0.492 e. The Labute approximate surface area is 135 Å². The number of amides is 1. The van der Waals surface area contributed by atoms with Gasteiger partial charge in [-0.05, 0) is 30.2 Å². The molecule has 0 saturated heterocycles. The van der Waals surface area contributed by atoms with Gasteiger partial charge in [-0.1, -0.05) is 26.0 Å². The number of nitrogens with two attached hydrogens (primary N) is 1. The average molecular weight is 312 g/mol. The van der Waals surface area contributed by atoms with Crippen molar-refractivity contribution in [3.8, 4) is 16.9 Å². The van der Waals surface area contributed by atoms with Gasteiger partial charge in [-0.15, -0.1) is 0 Å². The van der Waals surface area contributed by atoms with Crippen LogP contribution in [0.4, 0.5) is 4.79 Å². The molecule has 1 aliphatic heterocycles. The Kier molecular flexibility index (Phi) is 3.72. The van der Waals surface area contributed by atoms with Crippen molar-refractivity contribution in [2.45, 2.75) is 26.9 Å². The van der Waals surface area contributed by atoms with Crippen molar-refractivity contribution in [3.63, 3.8) is 0 Å². The van der Waals surface area contributed by atoms with Crippen molar-refractivity contribution >= 4 is 6.09 Å². The molecule has 0 saturated carbocycles. The second-order valence-corrected chi connectivity index (χ2v) is 6.60. The molecule has 0 fully saturated rings. The van der Waals surface area contributed by atoms with E-state index < -0.39 is 12.2 Å². The summed E-state index contributed by atoms with van der Waals surface area (Å²) in [5, 5.41) is 0. The molecule has 2 N–H and O–H groups in total. The summed E-state index contributed by atoms with van der Waals surface area (Å²) in [6.45, 7) is 6.43. The highest BCUT2D eigenvalue weighted by molar-refractivity contribution is 5.68. The van der Waals surface area contributed by atoms with Crippen LogP contribution in [-0.4, -0.2) is 17.7 Å². The Balaban J connectivity index is 2.02. The first kappa shape index (κ1) is 15.3. The molecule has 0 radical (unpaired) electrons. The van der Waals surface area contributed by atoms with Crippen molar-refractivity contribution in [3.05, 3.63) is 47.8 Å². The molecule has 2 aromatic rings. The fourth-order valence-electron chi connectivity index (χ4n) is 2.87. The first-order valence-electron chi connectivity index (χ1n) is 7.52. The van der Waals surface area contributed by atoms with Crippen LogP contribution in [0.5, 0.6) is 5.75 Å². The highest BCUT2D eigenvalue weighted by Gasteiger charge is 2.40. The van der Waals surface area contributed by atoms with Gasteiger partial charge in [0, 0.05) is 28.9 Å². The lowest BCUT2D eigenvalue weighted by Crippen LogP contribution is -2.37. The second-order valence-electron chi connectivity index (χ2n) is 6.60. The molecular weight excluding hydrogens is 292 g/mol. The van der Waals surface area contributed by atoms with E-state index in [2.05, 4.69) is 11.1 Å². The SMILES string of the molecule is Cc1cncc(-c2ccc3c(c2)OCC(C)(C)C3OC(N)=O)c1. The number of carbonyl (C=O) groups excluding carboxylic acids is 1. The van der Waals surface area contributed by atoms with E-state index in [0.717, 1.165) is 28.0 Å². The van der Waals surface area contributed by atoms with Crippen LogP contribution >= 0.6 is 0 Å². The number of aryl methyl sites for hydroxylation is 1. The number of hydrogen-bond donors (Lipinski definition) is 1. The summed E-state index contributed by atoms with van der Waals surface area (Å²) in [6, 6.07) is 7.94. The minimum Gasteiger partial charge on any atom is -0.492 e. The third kappa shape index (κ3) is 2.99. The molecule has 1 aromatic heterocycles. The summed E-state index contributed by atoms with van der Waals surface area (Å²) >= 11 is 0. The van der Waals surface area contributed by atoms with Crippen LogP contribution < -0.4 is 10.5 Å². The number of ether oxygens (including phenoxy) is 2. The first-order valence-corrected chi connectivity index (χ1v) is 7.52. The lowest BCUT2D eigenvalue weighted by Gasteiger charge is -2.38. The Morgan fingerprint density at radius 3 is 2.78 bits per heavy atom. The van der Waals surface area contributed by atoms with E-state index in [9.17, 15) is 4.79 Å². The van der Waals surface area contributed by atoms with Gasteiger partial charge in [-0.2, -0.15) is 0 Å². The topological polar surface area (TPSA) is 74.4 Å². The molecule has 5 nitrogen and oxygen atoms in total. The predicted molar refractivity (Wildman–Crippen MR) is 87.1 cm³/mol. The van der Waals surface area contributed by atoms with E-state index in [0.29, 0.717) is 6.61 Å². The van der Waals surface area contributed by atoms with Crippen molar-refractivity contribution < 1.29 is 14.3 Å². The summed E-state index contributed by atoms with van der Waals surface area (Å²) in [5.41, 5.74) is 8.86. The molecule has 1 atom stereocenters. The molecule has 1 aromatic carbocycles.